The molecule has 6 rings (SSSR count). The van der Waals surface area contributed by atoms with E-state index in [1.54, 1.807) is 16.9 Å². The SMILES string of the molecule is CC(F)(F)c1ccc(Cn2cc(C(Cc3ccccc3)NC(=O)C34CCC(C(=O)O)(CC3)CC4)nn2)nc1. The standard InChI is InChI=1S/C28H31F2N5O3/c1-26(29,30)20-7-8-21(31-16-20)17-35-18-23(33-34-35)22(15-19-5-3-2-4-6-19)32-24(36)27-9-12-28(13-10-27,14-11-27)25(37)38/h2-8,16,18,22H,9-15,17H2,1H3,(H,32,36)(H,37,38). The number of rotatable bonds is 9. The molecule has 1 amide bonds. The molecule has 2 bridgehead atoms. The Morgan fingerprint density at radius 1 is 1.05 bits per heavy atom. The van der Waals surface area contributed by atoms with Crippen molar-refractivity contribution in [3.05, 3.63) is 77.4 Å². The van der Waals surface area contributed by atoms with Crippen molar-refractivity contribution >= 4 is 11.9 Å². The van der Waals surface area contributed by atoms with E-state index in [9.17, 15) is 23.5 Å². The molecule has 0 spiro atoms. The summed E-state index contributed by atoms with van der Waals surface area (Å²) in [6, 6.07) is 12.2. The van der Waals surface area contributed by atoms with Crippen molar-refractivity contribution in [1.82, 2.24) is 25.3 Å². The minimum Gasteiger partial charge on any atom is -0.481 e. The zero-order valence-corrected chi connectivity index (χ0v) is 21.2. The first-order valence-electron chi connectivity index (χ1n) is 12.9. The topological polar surface area (TPSA) is 110 Å². The van der Waals surface area contributed by atoms with E-state index in [1.165, 1.54) is 6.07 Å². The molecule has 0 saturated heterocycles. The molecule has 10 heteroatoms. The third-order valence-corrected chi connectivity index (χ3v) is 8.34. The van der Waals surface area contributed by atoms with Gasteiger partial charge in [0.15, 0.2) is 0 Å². The average molecular weight is 524 g/mol. The number of nitrogens with one attached hydrogen (secondary N) is 1. The first-order valence-corrected chi connectivity index (χ1v) is 12.9. The number of amides is 1. The van der Waals surface area contributed by atoms with Crippen LogP contribution >= 0.6 is 0 Å². The Bertz CT molecular complexity index is 1280. The Balaban J connectivity index is 1.33. The van der Waals surface area contributed by atoms with Crippen molar-refractivity contribution in [1.29, 1.82) is 0 Å². The average Bonchev–Trinajstić information content (AvgIpc) is 3.38. The summed E-state index contributed by atoms with van der Waals surface area (Å²) in [6.45, 7) is 1.08. The number of nitrogens with zero attached hydrogens (tertiary/aromatic N) is 4. The summed E-state index contributed by atoms with van der Waals surface area (Å²) in [5.41, 5.74) is 0.768. The Morgan fingerprint density at radius 3 is 2.29 bits per heavy atom. The van der Waals surface area contributed by atoms with Crippen LogP contribution < -0.4 is 5.32 Å². The third-order valence-electron chi connectivity index (χ3n) is 8.34. The van der Waals surface area contributed by atoms with Crippen molar-refractivity contribution in [3.63, 3.8) is 0 Å². The lowest BCUT2D eigenvalue weighted by Gasteiger charge is -2.50. The van der Waals surface area contributed by atoms with E-state index in [4.69, 9.17) is 0 Å². The summed E-state index contributed by atoms with van der Waals surface area (Å²) >= 11 is 0. The molecule has 3 aliphatic rings. The van der Waals surface area contributed by atoms with Crippen LogP contribution in [0.4, 0.5) is 8.78 Å². The number of carbonyl (C=O) groups excluding carboxylic acids is 1. The lowest BCUT2D eigenvalue weighted by molar-refractivity contribution is -0.163. The molecule has 38 heavy (non-hydrogen) atoms. The number of pyridine rings is 1. The van der Waals surface area contributed by atoms with E-state index >= 15 is 0 Å². The van der Waals surface area contributed by atoms with Crippen LogP contribution in [0.2, 0.25) is 0 Å². The van der Waals surface area contributed by atoms with Gasteiger partial charge in [0, 0.05) is 24.1 Å². The first-order chi connectivity index (χ1) is 18.1. The lowest BCUT2D eigenvalue weighted by Crippen LogP contribution is -2.53. The fourth-order valence-electron chi connectivity index (χ4n) is 5.73. The molecule has 2 aromatic heterocycles. The molecule has 3 aromatic rings. The number of alkyl halides is 2. The van der Waals surface area contributed by atoms with Gasteiger partial charge in [0.1, 0.15) is 5.69 Å². The summed E-state index contributed by atoms with van der Waals surface area (Å²) in [5.74, 6) is -3.78. The first kappa shape index (κ1) is 25.9. The van der Waals surface area contributed by atoms with E-state index in [1.807, 2.05) is 30.3 Å². The second-order valence-corrected chi connectivity index (χ2v) is 10.8. The summed E-state index contributed by atoms with van der Waals surface area (Å²) in [7, 11) is 0. The predicted molar refractivity (Wildman–Crippen MR) is 134 cm³/mol. The van der Waals surface area contributed by atoms with Gasteiger partial charge in [-0.25, -0.2) is 13.5 Å². The Hall–Kier alpha value is -3.69. The minimum atomic E-state index is -2.96. The highest BCUT2D eigenvalue weighted by Crippen LogP contribution is 2.57. The van der Waals surface area contributed by atoms with Gasteiger partial charge in [-0.1, -0.05) is 35.5 Å². The maximum Gasteiger partial charge on any atom is 0.309 e. The van der Waals surface area contributed by atoms with Crippen LogP contribution in [0, 0.1) is 10.8 Å². The maximum absolute atomic E-state index is 13.6. The molecular formula is C28H31F2N5O3. The van der Waals surface area contributed by atoms with E-state index in [-0.39, 0.29) is 18.0 Å². The molecule has 3 saturated carbocycles. The van der Waals surface area contributed by atoms with Gasteiger partial charge in [-0.05, 0) is 62.6 Å². The summed E-state index contributed by atoms with van der Waals surface area (Å²) in [6.07, 6.45) is 6.67. The van der Waals surface area contributed by atoms with Crippen LogP contribution in [0.5, 0.6) is 0 Å². The van der Waals surface area contributed by atoms with E-state index in [0.29, 0.717) is 56.3 Å². The summed E-state index contributed by atoms with van der Waals surface area (Å²) in [4.78, 5) is 29.6. The zero-order chi connectivity index (χ0) is 27.0. The molecule has 2 heterocycles. The molecule has 0 aliphatic heterocycles. The second-order valence-electron chi connectivity index (χ2n) is 10.8. The van der Waals surface area contributed by atoms with Gasteiger partial charge in [0.25, 0.3) is 5.92 Å². The fourth-order valence-corrected chi connectivity index (χ4v) is 5.73. The monoisotopic (exact) mass is 523 g/mol. The molecule has 8 nitrogen and oxygen atoms in total. The van der Waals surface area contributed by atoms with E-state index in [0.717, 1.165) is 18.7 Å². The Kier molecular flexibility index (Phi) is 6.75. The molecule has 1 aromatic carbocycles. The van der Waals surface area contributed by atoms with Crippen LogP contribution in [-0.4, -0.2) is 37.0 Å². The molecule has 2 N–H and O–H groups in total. The van der Waals surface area contributed by atoms with Gasteiger partial charge in [-0.3, -0.25) is 14.6 Å². The number of hydrogen-bond acceptors (Lipinski definition) is 5. The van der Waals surface area contributed by atoms with Crippen LogP contribution in [0.3, 0.4) is 0 Å². The molecule has 200 valence electrons. The number of benzene rings is 1. The highest BCUT2D eigenvalue weighted by Gasteiger charge is 2.55. The summed E-state index contributed by atoms with van der Waals surface area (Å²) in [5, 5.41) is 21.4. The Labute approximate surface area is 219 Å². The number of aliphatic carboxylic acids is 1. The van der Waals surface area contributed by atoms with Crippen LogP contribution in [-0.2, 0) is 28.5 Å². The minimum absolute atomic E-state index is 0.0654. The third kappa shape index (κ3) is 5.16. The smallest absolute Gasteiger partial charge is 0.309 e. The van der Waals surface area contributed by atoms with Gasteiger partial charge >= 0.3 is 5.97 Å². The van der Waals surface area contributed by atoms with Gasteiger partial charge in [-0.2, -0.15) is 0 Å². The number of carboxylic acid groups (broad SMARTS) is 1. The fraction of sp³-hybridized carbons (Fsp3) is 0.464. The van der Waals surface area contributed by atoms with Crippen molar-refractivity contribution in [2.45, 2.75) is 70.4 Å². The number of aromatic nitrogens is 4. The maximum atomic E-state index is 13.6. The second kappa shape index (κ2) is 9.89. The molecule has 1 unspecified atom stereocenters. The van der Waals surface area contributed by atoms with Crippen molar-refractivity contribution in [2.75, 3.05) is 0 Å². The van der Waals surface area contributed by atoms with E-state index < -0.39 is 28.8 Å². The molecule has 3 fully saturated rings. The van der Waals surface area contributed by atoms with Crippen LogP contribution in [0.25, 0.3) is 0 Å². The zero-order valence-electron chi connectivity index (χ0n) is 21.2. The highest BCUT2D eigenvalue weighted by molar-refractivity contribution is 5.85. The number of halogens is 2. The number of hydrogen-bond donors (Lipinski definition) is 2. The quantitative estimate of drug-likeness (QED) is 0.422. The van der Waals surface area contributed by atoms with Crippen molar-refractivity contribution < 1.29 is 23.5 Å². The normalized spacial score (nSPS) is 23.7. The van der Waals surface area contributed by atoms with Gasteiger partial charge in [-0.15, -0.1) is 5.10 Å². The van der Waals surface area contributed by atoms with Crippen molar-refractivity contribution in [2.24, 2.45) is 10.8 Å². The van der Waals surface area contributed by atoms with Crippen LogP contribution in [0.15, 0.2) is 54.9 Å². The van der Waals surface area contributed by atoms with E-state index in [2.05, 4.69) is 20.6 Å². The molecule has 1 atom stereocenters. The number of carbonyl (C=O) groups is 2. The molecule has 3 aliphatic carbocycles. The molecular weight excluding hydrogens is 492 g/mol. The van der Waals surface area contributed by atoms with Gasteiger partial charge < -0.3 is 10.4 Å². The molecule has 0 radical (unpaired) electrons. The largest absolute Gasteiger partial charge is 0.481 e. The summed E-state index contributed by atoms with van der Waals surface area (Å²) < 4.78 is 28.6. The van der Waals surface area contributed by atoms with Crippen molar-refractivity contribution in [3.8, 4) is 0 Å². The lowest BCUT2D eigenvalue weighted by atomic mass is 9.53. The van der Waals surface area contributed by atoms with Crippen LogP contribution in [0.1, 0.15) is 74.0 Å². The number of carboxylic acids is 1. The highest BCUT2D eigenvalue weighted by atomic mass is 19.3. The van der Waals surface area contributed by atoms with Gasteiger partial charge in [0.2, 0.25) is 5.91 Å². The number of fused-ring (bicyclic) bond motifs is 3. The van der Waals surface area contributed by atoms with Gasteiger partial charge in [0.05, 0.1) is 29.9 Å². The Morgan fingerprint density at radius 2 is 1.71 bits per heavy atom. The predicted octanol–water partition coefficient (Wildman–Crippen LogP) is 4.66.